The summed E-state index contributed by atoms with van der Waals surface area (Å²) in [4.78, 5) is 4.22. The predicted molar refractivity (Wildman–Crippen MR) is 57.7 cm³/mol. The fourth-order valence-electron chi connectivity index (χ4n) is 1.57. The van der Waals surface area contributed by atoms with Gasteiger partial charge in [-0.15, -0.1) is 0 Å². The smallest absolute Gasteiger partial charge is 0.141 e. The number of ether oxygens (including phenoxy) is 1. The predicted octanol–water partition coefficient (Wildman–Crippen LogP) is 2.42. The molecule has 0 saturated carbocycles. The lowest BCUT2D eigenvalue weighted by Crippen LogP contribution is -1.89. The van der Waals surface area contributed by atoms with Crippen molar-refractivity contribution in [2.45, 2.75) is 6.92 Å². The minimum absolute atomic E-state index is 0.438. The van der Waals surface area contributed by atoms with E-state index in [9.17, 15) is 0 Å². The van der Waals surface area contributed by atoms with Gasteiger partial charge < -0.3 is 4.74 Å². The highest BCUT2D eigenvalue weighted by molar-refractivity contribution is 5.83. The maximum atomic E-state index is 8.80. The van der Waals surface area contributed by atoms with Crippen LogP contribution in [0.4, 0.5) is 0 Å². The van der Waals surface area contributed by atoms with Gasteiger partial charge in [0.1, 0.15) is 17.5 Å². The van der Waals surface area contributed by atoms with Gasteiger partial charge in [-0.1, -0.05) is 0 Å². The first kappa shape index (κ1) is 9.47. The molecular formula is C12H10N2O. The Morgan fingerprint density at radius 2 is 2.13 bits per heavy atom. The molecule has 1 aromatic heterocycles. The highest BCUT2D eigenvalue weighted by Crippen LogP contribution is 2.22. The number of nitriles is 1. The zero-order valence-electron chi connectivity index (χ0n) is 8.61. The highest BCUT2D eigenvalue weighted by atomic mass is 16.5. The third-order valence-corrected chi connectivity index (χ3v) is 2.34. The first-order valence-corrected chi connectivity index (χ1v) is 4.60. The molecule has 0 amide bonds. The van der Waals surface area contributed by atoms with Crippen LogP contribution in [0.5, 0.6) is 5.75 Å². The largest absolute Gasteiger partial charge is 0.497 e. The SMILES string of the molecule is COc1ccc2c(C)cc(C#N)nc2c1. The molecule has 0 saturated heterocycles. The Bertz CT molecular complexity index is 555. The van der Waals surface area contributed by atoms with Crippen molar-refractivity contribution in [3.8, 4) is 11.8 Å². The van der Waals surface area contributed by atoms with Gasteiger partial charge in [-0.2, -0.15) is 5.26 Å². The van der Waals surface area contributed by atoms with Crippen LogP contribution in [0.3, 0.4) is 0 Å². The fourth-order valence-corrected chi connectivity index (χ4v) is 1.57. The molecule has 0 N–H and O–H groups in total. The number of benzene rings is 1. The van der Waals surface area contributed by atoms with Crippen LogP contribution in [0.2, 0.25) is 0 Å². The van der Waals surface area contributed by atoms with E-state index in [2.05, 4.69) is 4.98 Å². The van der Waals surface area contributed by atoms with Crippen LogP contribution in [0.15, 0.2) is 24.3 Å². The zero-order chi connectivity index (χ0) is 10.8. The second-order valence-electron chi connectivity index (χ2n) is 3.32. The number of pyridine rings is 1. The molecule has 0 aliphatic heterocycles. The number of nitrogens with zero attached hydrogens (tertiary/aromatic N) is 2. The molecule has 0 spiro atoms. The Labute approximate surface area is 87.9 Å². The van der Waals surface area contributed by atoms with Crippen molar-refractivity contribution in [3.63, 3.8) is 0 Å². The van der Waals surface area contributed by atoms with E-state index in [1.807, 2.05) is 31.2 Å². The molecule has 0 aliphatic carbocycles. The average Bonchev–Trinajstić information content (AvgIpc) is 2.28. The standard InChI is InChI=1S/C12H10N2O/c1-8-5-9(7-13)14-12-6-10(15-2)3-4-11(8)12/h3-6H,1-2H3. The molecule has 0 bridgehead atoms. The molecule has 3 heteroatoms. The van der Waals surface area contributed by atoms with Gasteiger partial charge >= 0.3 is 0 Å². The van der Waals surface area contributed by atoms with Gasteiger partial charge in [0, 0.05) is 11.5 Å². The summed E-state index contributed by atoms with van der Waals surface area (Å²) in [6, 6.07) is 9.52. The summed E-state index contributed by atoms with van der Waals surface area (Å²) in [5, 5.41) is 9.85. The molecule has 0 radical (unpaired) electrons. The quantitative estimate of drug-likeness (QED) is 0.706. The van der Waals surface area contributed by atoms with E-state index in [4.69, 9.17) is 10.00 Å². The number of aromatic nitrogens is 1. The Morgan fingerprint density at radius 3 is 2.80 bits per heavy atom. The number of hydrogen-bond acceptors (Lipinski definition) is 3. The average molecular weight is 198 g/mol. The van der Waals surface area contributed by atoms with Crippen molar-refractivity contribution in [1.29, 1.82) is 5.26 Å². The monoisotopic (exact) mass is 198 g/mol. The van der Waals surface area contributed by atoms with E-state index >= 15 is 0 Å². The maximum Gasteiger partial charge on any atom is 0.141 e. The number of methoxy groups -OCH3 is 1. The van der Waals surface area contributed by atoms with Crippen molar-refractivity contribution >= 4 is 10.9 Å². The molecule has 1 aromatic carbocycles. The Morgan fingerprint density at radius 1 is 1.33 bits per heavy atom. The molecular weight excluding hydrogens is 188 g/mol. The molecule has 2 aromatic rings. The third kappa shape index (κ3) is 1.62. The van der Waals surface area contributed by atoms with Crippen molar-refractivity contribution in [3.05, 3.63) is 35.5 Å². The highest BCUT2D eigenvalue weighted by Gasteiger charge is 2.03. The lowest BCUT2D eigenvalue weighted by molar-refractivity contribution is 0.415. The normalized spacial score (nSPS) is 9.93. The Hall–Kier alpha value is -2.08. The van der Waals surface area contributed by atoms with E-state index in [-0.39, 0.29) is 0 Å². The number of fused-ring (bicyclic) bond motifs is 1. The summed E-state index contributed by atoms with van der Waals surface area (Å²) >= 11 is 0. The minimum Gasteiger partial charge on any atom is -0.497 e. The van der Waals surface area contributed by atoms with Gasteiger partial charge in [-0.3, -0.25) is 0 Å². The first-order chi connectivity index (χ1) is 7.24. The van der Waals surface area contributed by atoms with Gasteiger partial charge in [0.15, 0.2) is 0 Å². The molecule has 0 fully saturated rings. The van der Waals surface area contributed by atoms with E-state index in [1.54, 1.807) is 13.2 Å². The topological polar surface area (TPSA) is 45.9 Å². The van der Waals surface area contributed by atoms with E-state index in [0.717, 1.165) is 22.2 Å². The van der Waals surface area contributed by atoms with Crippen LogP contribution in [0.1, 0.15) is 11.3 Å². The number of rotatable bonds is 1. The number of hydrogen-bond donors (Lipinski definition) is 0. The van der Waals surface area contributed by atoms with Gasteiger partial charge in [0.25, 0.3) is 0 Å². The summed E-state index contributed by atoms with van der Waals surface area (Å²) < 4.78 is 5.11. The summed E-state index contributed by atoms with van der Waals surface area (Å²) in [6.45, 7) is 1.97. The van der Waals surface area contributed by atoms with E-state index in [0.29, 0.717) is 5.69 Å². The van der Waals surface area contributed by atoms with Gasteiger partial charge in [-0.05, 0) is 30.7 Å². The van der Waals surface area contributed by atoms with Crippen LogP contribution in [-0.2, 0) is 0 Å². The molecule has 3 nitrogen and oxygen atoms in total. The third-order valence-electron chi connectivity index (χ3n) is 2.34. The van der Waals surface area contributed by atoms with Crippen molar-refractivity contribution in [1.82, 2.24) is 4.98 Å². The second-order valence-corrected chi connectivity index (χ2v) is 3.32. The van der Waals surface area contributed by atoms with Crippen LogP contribution < -0.4 is 4.74 Å². The van der Waals surface area contributed by atoms with E-state index < -0.39 is 0 Å². The molecule has 1 heterocycles. The van der Waals surface area contributed by atoms with Gasteiger partial charge in [0.2, 0.25) is 0 Å². The van der Waals surface area contributed by atoms with Gasteiger partial charge in [-0.25, -0.2) is 4.98 Å². The fraction of sp³-hybridized carbons (Fsp3) is 0.167. The van der Waals surface area contributed by atoms with Gasteiger partial charge in [0.05, 0.1) is 12.6 Å². The lowest BCUT2D eigenvalue weighted by atomic mass is 10.1. The van der Waals surface area contributed by atoms with Crippen molar-refractivity contribution in [2.75, 3.05) is 7.11 Å². The molecule has 2 rings (SSSR count). The molecule has 74 valence electrons. The van der Waals surface area contributed by atoms with E-state index in [1.165, 1.54) is 0 Å². The molecule has 0 atom stereocenters. The maximum absolute atomic E-state index is 8.80. The number of aryl methyl sites for hydroxylation is 1. The van der Waals surface area contributed by atoms with Crippen LogP contribution in [0.25, 0.3) is 10.9 Å². The van der Waals surface area contributed by atoms with Crippen molar-refractivity contribution < 1.29 is 4.74 Å². The lowest BCUT2D eigenvalue weighted by Gasteiger charge is -2.04. The minimum atomic E-state index is 0.438. The zero-order valence-corrected chi connectivity index (χ0v) is 8.61. The van der Waals surface area contributed by atoms with Crippen LogP contribution >= 0.6 is 0 Å². The van der Waals surface area contributed by atoms with Crippen LogP contribution in [0, 0.1) is 18.3 Å². The Kier molecular flexibility index (Phi) is 2.26. The molecule has 0 unspecified atom stereocenters. The Balaban J connectivity index is 2.76. The summed E-state index contributed by atoms with van der Waals surface area (Å²) in [6.07, 6.45) is 0. The molecule has 0 aliphatic rings. The summed E-state index contributed by atoms with van der Waals surface area (Å²) in [5.41, 5.74) is 2.29. The summed E-state index contributed by atoms with van der Waals surface area (Å²) in [7, 11) is 1.61. The van der Waals surface area contributed by atoms with Crippen LogP contribution in [-0.4, -0.2) is 12.1 Å². The summed E-state index contributed by atoms with van der Waals surface area (Å²) in [5.74, 6) is 0.754. The second kappa shape index (κ2) is 3.58. The first-order valence-electron chi connectivity index (χ1n) is 4.60. The molecule has 15 heavy (non-hydrogen) atoms. The van der Waals surface area contributed by atoms with Crippen molar-refractivity contribution in [2.24, 2.45) is 0 Å².